The fraction of sp³-hybridized carbons (Fsp3) is 0.588. The lowest BCUT2D eigenvalue weighted by atomic mass is 10.1. The molecule has 0 aliphatic carbocycles. The standard InChI is InChI=1S/C17H27N3O3.2ClH/c1-13(14-5-4-6-15(11-14)23-3)19-7-9-20(10-8-19)17(21)16(18)12-22-2;;/h4-6,11,13,16H,7-10,12,18H2,1-3H3;2*1H. The zero-order chi connectivity index (χ0) is 16.8. The Kier molecular flexibility index (Phi) is 11.1. The summed E-state index contributed by atoms with van der Waals surface area (Å²) in [5.41, 5.74) is 7.05. The van der Waals surface area contributed by atoms with Crippen molar-refractivity contribution in [2.75, 3.05) is 47.0 Å². The van der Waals surface area contributed by atoms with Crippen molar-refractivity contribution in [3.63, 3.8) is 0 Å². The van der Waals surface area contributed by atoms with Crippen LogP contribution in [0.15, 0.2) is 24.3 Å². The number of hydrogen-bond acceptors (Lipinski definition) is 5. The van der Waals surface area contributed by atoms with E-state index in [1.807, 2.05) is 17.0 Å². The zero-order valence-electron chi connectivity index (χ0n) is 15.0. The van der Waals surface area contributed by atoms with Crippen LogP contribution in [0.3, 0.4) is 0 Å². The fourth-order valence-electron chi connectivity index (χ4n) is 2.93. The van der Waals surface area contributed by atoms with E-state index in [0.29, 0.717) is 13.1 Å². The molecule has 1 aliphatic heterocycles. The molecular weight excluding hydrogens is 365 g/mol. The van der Waals surface area contributed by atoms with Crippen molar-refractivity contribution in [3.05, 3.63) is 29.8 Å². The van der Waals surface area contributed by atoms with Gasteiger partial charge >= 0.3 is 0 Å². The van der Waals surface area contributed by atoms with Crippen LogP contribution in [0, 0.1) is 0 Å². The Bertz CT molecular complexity index is 526. The van der Waals surface area contributed by atoms with Crippen molar-refractivity contribution in [2.24, 2.45) is 5.73 Å². The molecule has 1 saturated heterocycles. The van der Waals surface area contributed by atoms with Gasteiger partial charge in [-0.05, 0) is 24.6 Å². The van der Waals surface area contributed by atoms with Gasteiger partial charge < -0.3 is 20.1 Å². The first-order valence-electron chi connectivity index (χ1n) is 7.98. The van der Waals surface area contributed by atoms with E-state index in [9.17, 15) is 4.79 Å². The van der Waals surface area contributed by atoms with Gasteiger partial charge in [-0.15, -0.1) is 24.8 Å². The van der Waals surface area contributed by atoms with Gasteiger partial charge in [0, 0.05) is 39.3 Å². The summed E-state index contributed by atoms with van der Waals surface area (Å²) in [6.45, 7) is 5.52. The minimum absolute atomic E-state index is 0. The highest BCUT2D eigenvalue weighted by molar-refractivity contribution is 5.85. The third-order valence-corrected chi connectivity index (χ3v) is 4.41. The summed E-state index contributed by atoms with van der Waals surface area (Å²) in [7, 11) is 3.23. The molecule has 0 radical (unpaired) electrons. The monoisotopic (exact) mass is 393 g/mol. The topological polar surface area (TPSA) is 68.0 Å². The number of amides is 1. The highest BCUT2D eigenvalue weighted by atomic mass is 35.5. The number of rotatable bonds is 6. The summed E-state index contributed by atoms with van der Waals surface area (Å²) in [5.74, 6) is 0.842. The largest absolute Gasteiger partial charge is 0.497 e. The minimum Gasteiger partial charge on any atom is -0.497 e. The van der Waals surface area contributed by atoms with Crippen LogP contribution < -0.4 is 10.5 Å². The van der Waals surface area contributed by atoms with Gasteiger partial charge in [0.15, 0.2) is 0 Å². The molecule has 0 bridgehead atoms. The first kappa shape index (κ1) is 23.9. The molecule has 8 heteroatoms. The lowest BCUT2D eigenvalue weighted by molar-refractivity contribution is -0.135. The van der Waals surface area contributed by atoms with Crippen LogP contribution >= 0.6 is 24.8 Å². The van der Waals surface area contributed by atoms with Gasteiger partial charge in [-0.25, -0.2) is 0 Å². The smallest absolute Gasteiger partial charge is 0.241 e. The average molecular weight is 394 g/mol. The first-order valence-corrected chi connectivity index (χ1v) is 7.98. The molecular formula is C17H29Cl2N3O3. The fourth-order valence-corrected chi connectivity index (χ4v) is 2.93. The lowest BCUT2D eigenvalue weighted by Crippen LogP contribution is -2.54. The van der Waals surface area contributed by atoms with Gasteiger partial charge in [-0.2, -0.15) is 0 Å². The highest BCUT2D eigenvalue weighted by Gasteiger charge is 2.27. The maximum atomic E-state index is 12.2. The predicted molar refractivity (Wildman–Crippen MR) is 104 cm³/mol. The van der Waals surface area contributed by atoms with Crippen LogP contribution in [-0.4, -0.2) is 68.8 Å². The van der Waals surface area contributed by atoms with E-state index in [2.05, 4.69) is 24.0 Å². The summed E-state index contributed by atoms with van der Waals surface area (Å²) in [4.78, 5) is 16.4. The van der Waals surface area contributed by atoms with Crippen LogP contribution in [-0.2, 0) is 9.53 Å². The number of halogens is 2. The third kappa shape index (κ3) is 6.31. The second-order valence-corrected chi connectivity index (χ2v) is 5.88. The molecule has 1 aromatic carbocycles. The molecule has 6 nitrogen and oxygen atoms in total. The molecule has 0 saturated carbocycles. The van der Waals surface area contributed by atoms with Gasteiger partial charge in [0.25, 0.3) is 0 Å². The van der Waals surface area contributed by atoms with E-state index in [1.54, 1.807) is 14.2 Å². The summed E-state index contributed by atoms with van der Waals surface area (Å²) in [6, 6.07) is 7.85. The van der Waals surface area contributed by atoms with Crippen LogP contribution in [0.25, 0.3) is 0 Å². The lowest BCUT2D eigenvalue weighted by Gasteiger charge is -2.39. The molecule has 2 rings (SSSR count). The summed E-state index contributed by atoms with van der Waals surface area (Å²) in [5, 5.41) is 0. The summed E-state index contributed by atoms with van der Waals surface area (Å²) in [6.07, 6.45) is 0. The SMILES string of the molecule is COCC(N)C(=O)N1CCN(C(C)c2cccc(OC)c2)CC1.Cl.Cl. The Hall–Kier alpha value is -1.05. The Balaban J connectivity index is 0.00000288. The Morgan fingerprint density at radius 2 is 1.84 bits per heavy atom. The second kappa shape index (κ2) is 11.5. The van der Waals surface area contributed by atoms with Gasteiger partial charge in [-0.3, -0.25) is 9.69 Å². The van der Waals surface area contributed by atoms with E-state index >= 15 is 0 Å². The minimum atomic E-state index is -0.567. The van der Waals surface area contributed by atoms with Gasteiger partial charge in [-0.1, -0.05) is 12.1 Å². The maximum Gasteiger partial charge on any atom is 0.241 e. The van der Waals surface area contributed by atoms with Gasteiger partial charge in [0.2, 0.25) is 5.91 Å². The number of nitrogens with two attached hydrogens (primary N) is 1. The van der Waals surface area contributed by atoms with E-state index in [1.165, 1.54) is 5.56 Å². The highest BCUT2D eigenvalue weighted by Crippen LogP contribution is 2.24. The van der Waals surface area contributed by atoms with E-state index < -0.39 is 6.04 Å². The molecule has 144 valence electrons. The third-order valence-electron chi connectivity index (χ3n) is 4.41. The number of nitrogens with zero attached hydrogens (tertiary/aromatic N) is 2. The predicted octanol–water partition coefficient (Wildman–Crippen LogP) is 1.72. The average Bonchev–Trinajstić information content (AvgIpc) is 2.60. The molecule has 1 aliphatic rings. The molecule has 1 fully saturated rings. The molecule has 1 amide bonds. The molecule has 1 heterocycles. The number of carbonyl (C=O) groups excluding carboxylic acids is 1. The van der Waals surface area contributed by atoms with Gasteiger partial charge in [0.1, 0.15) is 11.8 Å². The second-order valence-electron chi connectivity index (χ2n) is 5.88. The van der Waals surface area contributed by atoms with Crippen LogP contribution in [0.1, 0.15) is 18.5 Å². The van der Waals surface area contributed by atoms with Crippen molar-refractivity contribution >= 4 is 30.7 Å². The number of carbonyl (C=O) groups is 1. The number of piperazine rings is 1. The quantitative estimate of drug-likeness (QED) is 0.796. The van der Waals surface area contributed by atoms with Crippen LogP contribution in [0.2, 0.25) is 0 Å². The van der Waals surface area contributed by atoms with Gasteiger partial charge in [0.05, 0.1) is 13.7 Å². The maximum absolute atomic E-state index is 12.2. The molecule has 2 atom stereocenters. The molecule has 2 N–H and O–H groups in total. The van der Waals surface area contributed by atoms with Crippen molar-refractivity contribution in [1.82, 2.24) is 9.80 Å². The van der Waals surface area contributed by atoms with Crippen molar-refractivity contribution in [1.29, 1.82) is 0 Å². The van der Waals surface area contributed by atoms with Crippen LogP contribution in [0.5, 0.6) is 5.75 Å². The van der Waals surface area contributed by atoms with E-state index in [0.717, 1.165) is 18.8 Å². The number of benzene rings is 1. The van der Waals surface area contributed by atoms with E-state index in [-0.39, 0.29) is 43.4 Å². The molecule has 1 aromatic rings. The van der Waals surface area contributed by atoms with E-state index in [4.69, 9.17) is 15.2 Å². The molecule has 2 unspecified atom stereocenters. The number of ether oxygens (including phenoxy) is 2. The number of methoxy groups -OCH3 is 2. The Labute approximate surface area is 162 Å². The van der Waals surface area contributed by atoms with Crippen molar-refractivity contribution in [2.45, 2.75) is 19.0 Å². The molecule has 25 heavy (non-hydrogen) atoms. The summed E-state index contributed by atoms with van der Waals surface area (Å²) >= 11 is 0. The Morgan fingerprint density at radius 3 is 2.40 bits per heavy atom. The Morgan fingerprint density at radius 1 is 1.20 bits per heavy atom. The molecule has 0 aromatic heterocycles. The molecule has 0 spiro atoms. The number of hydrogen-bond donors (Lipinski definition) is 1. The van der Waals surface area contributed by atoms with Crippen molar-refractivity contribution in [3.8, 4) is 5.75 Å². The summed E-state index contributed by atoms with van der Waals surface area (Å²) < 4.78 is 10.3. The van der Waals surface area contributed by atoms with Crippen molar-refractivity contribution < 1.29 is 14.3 Å². The van der Waals surface area contributed by atoms with Crippen LogP contribution in [0.4, 0.5) is 0 Å². The normalized spacial score (nSPS) is 17.0. The zero-order valence-corrected chi connectivity index (χ0v) is 16.6. The first-order chi connectivity index (χ1) is 11.1.